The van der Waals surface area contributed by atoms with E-state index in [0.29, 0.717) is 11.3 Å². The average Bonchev–Trinajstić information content (AvgIpc) is 2.62. The Morgan fingerprint density at radius 3 is 2.25 bits per heavy atom. The van der Waals surface area contributed by atoms with Crippen LogP contribution >= 0.6 is 0 Å². The maximum atomic E-state index is 14.3. The smallest absolute Gasteiger partial charge is 0.271 e. The van der Waals surface area contributed by atoms with Crippen molar-refractivity contribution in [3.63, 3.8) is 0 Å². The molecule has 6 nitrogen and oxygen atoms in total. The van der Waals surface area contributed by atoms with Crippen molar-refractivity contribution >= 4 is 17.3 Å². The van der Waals surface area contributed by atoms with Crippen molar-refractivity contribution in [3.8, 4) is 11.1 Å². The second kappa shape index (κ2) is 7.32. The second-order valence-corrected chi connectivity index (χ2v) is 6.70. The minimum absolute atomic E-state index is 0.00552. The van der Waals surface area contributed by atoms with Crippen LogP contribution in [0.2, 0.25) is 0 Å². The highest BCUT2D eigenvalue weighted by atomic mass is 19.1. The summed E-state index contributed by atoms with van der Waals surface area (Å²) in [5.41, 5.74) is 4.94. The standard InChI is InChI=1S/C20H18F2N4O2/c1-20(2,28)11-6-8-12(9-7-11)25-17-13(10-24-26-18(17)19(23)27)16-14(21)4-3-5-15(16)22/h3-10,28H,1-2H3,(H2,23,27)(H,24,25). The number of hydrogen-bond acceptors (Lipinski definition) is 5. The normalized spacial score (nSPS) is 11.3. The van der Waals surface area contributed by atoms with Crippen LogP contribution in [0.25, 0.3) is 11.1 Å². The Morgan fingerprint density at radius 1 is 1.11 bits per heavy atom. The number of benzene rings is 2. The van der Waals surface area contributed by atoms with Crippen molar-refractivity contribution in [2.24, 2.45) is 5.73 Å². The molecule has 0 aliphatic carbocycles. The van der Waals surface area contributed by atoms with Gasteiger partial charge in [0.05, 0.1) is 23.0 Å². The Labute approximate surface area is 160 Å². The van der Waals surface area contributed by atoms with Crippen molar-refractivity contribution in [1.29, 1.82) is 0 Å². The Bertz CT molecular complexity index is 1010. The Kier molecular flexibility index (Phi) is 5.06. The number of nitrogens with one attached hydrogen (secondary N) is 1. The highest BCUT2D eigenvalue weighted by Crippen LogP contribution is 2.35. The molecule has 0 radical (unpaired) electrons. The number of hydrogen-bond donors (Lipinski definition) is 3. The lowest BCUT2D eigenvalue weighted by molar-refractivity contribution is 0.0786. The number of halogens is 2. The molecule has 1 heterocycles. The summed E-state index contributed by atoms with van der Waals surface area (Å²) >= 11 is 0. The molecule has 0 saturated heterocycles. The molecule has 0 unspecified atom stereocenters. The molecule has 1 amide bonds. The molecular weight excluding hydrogens is 366 g/mol. The molecule has 0 aliphatic heterocycles. The van der Waals surface area contributed by atoms with Gasteiger partial charge in [0.1, 0.15) is 11.6 Å². The molecule has 3 aromatic rings. The zero-order valence-electron chi connectivity index (χ0n) is 15.2. The fourth-order valence-corrected chi connectivity index (χ4v) is 2.74. The van der Waals surface area contributed by atoms with Crippen molar-refractivity contribution in [3.05, 3.63) is 71.6 Å². The molecular formula is C20H18F2N4O2. The number of nitrogens with zero attached hydrogens (tertiary/aromatic N) is 2. The molecule has 0 aliphatic rings. The van der Waals surface area contributed by atoms with E-state index in [1.54, 1.807) is 38.1 Å². The van der Waals surface area contributed by atoms with Crippen LogP contribution in [0.15, 0.2) is 48.7 Å². The van der Waals surface area contributed by atoms with E-state index >= 15 is 0 Å². The van der Waals surface area contributed by atoms with E-state index in [1.807, 2.05) is 0 Å². The topological polar surface area (TPSA) is 101 Å². The maximum Gasteiger partial charge on any atom is 0.271 e. The van der Waals surface area contributed by atoms with Crippen molar-refractivity contribution in [2.45, 2.75) is 19.4 Å². The van der Waals surface area contributed by atoms with Crippen LogP contribution in [0.3, 0.4) is 0 Å². The summed E-state index contributed by atoms with van der Waals surface area (Å²) in [6.45, 7) is 3.29. The second-order valence-electron chi connectivity index (χ2n) is 6.70. The highest BCUT2D eigenvalue weighted by Gasteiger charge is 2.22. The van der Waals surface area contributed by atoms with Crippen molar-refractivity contribution in [2.75, 3.05) is 5.32 Å². The SMILES string of the molecule is CC(C)(O)c1ccc(Nc2c(-c3c(F)cccc3F)cnnc2C(N)=O)cc1. The first-order valence-corrected chi connectivity index (χ1v) is 8.38. The average molecular weight is 384 g/mol. The first-order chi connectivity index (χ1) is 13.2. The summed E-state index contributed by atoms with van der Waals surface area (Å²) < 4.78 is 28.6. The molecule has 3 rings (SSSR count). The van der Waals surface area contributed by atoms with Crippen molar-refractivity contribution < 1.29 is 18.7 Å². The van der Waals surface area contributed by atoms with E-state index in [0.717, 1.165) is 18.3 Å². The number of aliphatic hydroxyl groups is 1. The van der Waals surface area contributed by atoms with Gasteiger partial charge in [-0.15, -0.1) is 5.10 Å². The van der Waals surface area contributed by atoms with Crippen LogP contribution in [-0.4, -0.2) is 21.2 Å². The van der Waals surface area contributed by atoms with Gasteiger partial charge in [-0.2, -0.15) is 5.10 Å². The molecule has 2 aromatic carbocycles. The lowest BCUT2D eigenvalue weighted by atomic mass is 9.98. The minimum Gasteiger partial charge on any atom is -0.386 e. The first kappa shape index (κ1) is 19.4. The molecule has 0 atom stereocenters. The lowest BCUT2D eigenvalue weighted by Crippen LogP contribution is -2.17. The van der Waals surface area contributed by atoms with Gasteiger partial charge in [0.25, 0.3) is 5.91 Å². The number of rotatable bonds is 5. The number of primary amides is 1. The summed E-state index contributed by atoms with van der Waals surface area (Å²) in [4.78, 5) is 11.8. The monoisotopic (exact) mass is 384 g/mol. The molecule has 0 saturated carbocycles. The molecule has 0 fully saturated rings. The summed E-state index contributed by atoms with van der Waals surface area (Å²) in [5.74, 6) is -2.53. The van der Waals surface area contributed by atoms with Crippen LogP contribution in [0.5, 0.6) is 0 Å². The summed E-state index contributed by atoms with van der Waals surface area (Å²) in [6.07, 6.45) is 1.15. The fraction of sp³-hybridized carbons (Fsp3) is 0.150. The first-order valence-electron chi connectivity index (χ1n) is 8.38. The van der Waals surface area contributed by atoms with Crippen molar-refractivity contribution in [1.82, 2.24) is 10.2 Å². The van der Waals surface area contributed by atoms with E-state index in [4.69, 9.17) is 5.73 Å². The fourth-order valence-electron chi connectivity index (χ4n) is 2.74. The summed E-state index contributed by atoms with van der Waals surface area (Å²) in [6, 6.07) is 10.1. The van der Waals surface area contributed by atoms with Crippen LogP contribution in [-0.2, 0) is 5.60 Å². The molecule has 4 N–H and O–H groups in total. The molecule has 28 heavy (non-hydrogen) atoms. The van der Waals surface area contributed by atoms with Gasteiger partial charge in [-0.1, -0.05) is 18.2 Å². The van der Waals surface area contributed by atoms with Gasteiger partial charge in [0.15, 0.2) is 5.69 Å². The zero-order valence-corrected chi connectivity index (χ0v) is 15.2. The van der Waals surface area contributed by atoms with E-state index in [9.17, 15) is 18.7 Å². The predicted molar refractivity (Wildman–Crippen MR) is 101 cm³/mol. The number of aromatic nitrogens is 2. The highest BCUT2D eigenvalue weighted by molar-refractivity contribution is 6.01. The van der Waals surface area contributed by atoms with Crippen LogP contribution in [0.4, 0.5) is 20.2 Å². The molecule has 1 aromatic heterocycles. The van der Waals surface area contributed by atoms with Crippen LogP contribution in [0.1, 0.15) is 29.9 Å². The van der Waals surface area contributed by atoms with Crippen LogP contribution < -0.4 is 11.1 Å². The van der Waals surface area contributed by atoms with Gasteiger partial charge in [0.2, 0.25) is 0 Å². The van der Waals surface area contributed by atoms with Crippen LogP contribution in [0, 0.1) is 11.6 Å². The van der Waals surface area contributed by atoms with E-state index in [2.05, 4.69) is 15.5 Å². The molecule has 144 valence electrons. The zero-order chi connectivity index (χ0) is 20.5. The van der Waals surface area contributed by atoms with E-state index < -0.39 is 23.1 Å². The predicted octanol–water partition coefficient (Wildman–Crippen LogP) is 3.49. The van der Waals surface area contributed by atoms with Gasteiger partial charge in [-0.3, -0.25) is 4.79 Å². The van der Waals surface area contributed by atoms with E-state index in [-0.39, 0.29) is 22.5 Å². The quantitative estimate of drug-likeness (QED) is 0.625. The number of amides is 1. The third-order valence-electron chi connectivity index (χ3n) is 4.18. The number of nitrogens with two attached hydrogens (primary N) is 1. The van der Waals surface area contributed by atoms with Gasteiger partial charge >= 0.3 is 0 Å². The van der Waals surface area contributed by atoms with Gasteiger partial charge in [-0.05, 0) is 43.7 Å². The Morgan fingerprint density at radius 2 is 1.71 bits per heavy atom. The molecule has 0 bridgehead atoms. The lowest BCUT2D eigenvalue weighted by Gasteiger charge is -2.19. The number of carbonyl (C=O) groups is 1. The summed E-state index contributed by atoms with van der Waals surface area (Å²) in [7, 11) is 0. The van der Waals surface area contributed by atoms with Gasteiger partial charge in [0, 0.05) is 11.3 Å². The van der Waals surface area contributed by atoms with Gasteiger partial charge < -0.3 is 16.2 Å². The molecule has 0 spiro atoms. The number of anilines is 2. The number of carbonyl (C=O) groups excluding carboxylic acids is 1. The van der Waals surface area contributed by atoms with Gasteiger partial charge in [-0.25, -0.2) is 8.78 Å². The Balaban J connectivity index is 2.13. The third-order valence-corrected chi connectivity index (χ3v) is 4.18. The van der Waals surface area contributed by atoms with E-state index in [1.165, 1.54) is 6.07 Å². The third kappa shape index (κ3) is 3.81. The largest absolute Gasteiger partial charge is 0.386 e. The maximum absolute atomic E-state index is 14.3. The Hall–Kier alpha value is -3.39. The summed E-state index contributed by atoms with van der Waals surface area (Å²) in [5, 5.41) is 20.4. The minimum atomic E-state index is -1.03. The molecule has 8 heteroatoms.